The Labute approximate surface area is 552 Å². The molecule has 0 amide bonds. The van der Waals surface area contributed by atoms with E-state index in [4.69, 9.17) is 18.9 Å². The van der Waals surface area contributed by atoms with Crippen LogP contribution in [0, 0.1) is 40.5 Å². The summed E-state index contributed by atoms with van der Waals surface area (Å²) in [4.78, 5) is 50.9. The molecule has 4 aromatic carbocycles. The van der Waals surface area contributed by atoms with Gasteiger partial charge in [0.2, 0.25) is 0 Å². The number of hydrogen-bond donors (Lipinski definition) is 0. The summed E-state index contributed by atoms with van der Waals surface area (Å²) < 4.78 is 27.5. The van der Waals surface area contributed by atoms with Crippen molar-refractivity contribution < 1.29 is 38.6 Å². The van der Waals surface area contributed by atoms with Gasteiger partial charge in [0.1, 0.15) is 23.0 Å². The lowest BCUT2D eigenvalue weighted by Crippen LogP contribution is -2.12. The van der Waals surface area contributed by atoms with Gasteiger partial charge in [-0.1, -0.05) is 259 Å². The molecule has 0 saturated carbocycles. The van der Waals surface area contributed by atoms with E-state index in [1.807, 2.05) is 0 Å². The van der Waals surface area contributed by atoms with E-state index in [-0.39, 0.29) is 74.9 Å². The molecule has 0 radical (unpaired) electrons. The van der Waals surface area contributed by atoms with Crippen LogP contribution in [0.5, 0.6) is 23.0 Å². The van der Waals surface area contributed by atoms with Crippen LogP contribution in [0.4, 0.5) is 22.7 Å². The molecule has 1 aliphatic rings. The third kappa shape index (κ3) is 28.5. The zero-order valence-electron chi connectivity index (χ0n) is 57.2. The molecule has 4 aromatic rings. The molecule has 512 valence electrons. The van der Waals surface area contributed by atoms with Crippen LogP contribution in [0.2, 0.25) is 0 Å². The fourth-order valence-electron chi connectivity index (χ4n) is 13.0. The highest BCUT2D eigenvalue weighted by Crippen LogP contribution is 2.44. The molecular weight excluding hydrogens is 1160 g/mol. The van der Waals surface area contributed by atoms with Crippen LogP contribution >= 0.6 is 0 Å². The summed E-state index contributed by atoms with van der Waals surface area (Å²) >= 11 is 0. The molecule has 0 fully saturated rings. The number of rotatable bonds is 52. The number of benzene rings is 4. The number of nitro groups is 4. The van der Waals surface area contributed by atoms with Gasteiger partial charge in [0.15, 0.2) is 0 Å². The highest BCUT2D eigenvalue weighted by Gasteiger charge is 2.29. The molecule has 0 heterocycles. The molecule has 5 rings (SSSR count). The number of nitrogens with zero attached hydrogens (tertiary/aromatic N) is 4. The number of fused-ring (bicyclic) bond motifs is 8. The van der Waals surface area contributed by atoms with Crippen LogP contribution < -0.4 is 18.9 Å². The molecule has 1 aliphatic carbocycles. The van der Waals surface area contributed by atoms with Crippen molar-refractivity contribution in [2.24, 2.45) is 0 Å². The predicted molar refractivity (Wildman–Crippen MR) is 373 cm³/mol. The van der Waals surface area contributed by atoms with Crippen molar-refractivity contribution in [1.82, 2.24) is 0 Å². The highest BCUT2D eigenvalue weighted by atomic mass is 16.6. The Balaban J connectivity index is 1.67. The number of unbranched alkanes of at least 4 members (excludes halogenated alkanes) is 36. The van der Waals surface area contributed by atoms with Crippen molar-refractivity contribution in [3.8, 4) is 23.0 Å². The topological polar surface area (TPSA) is 209 Å². The zero-order chi connectivity index (χ0) is 66.0. The molecule has 0 saturated heterocycles. The van der Waals surface area contributed by atoms with Crippen LogP contribution in [-0.2, 0) is 25.7 Å². The van der Waals surface area contributed by atoms with E-state index >= 15 is 0 Å². The molecule has 0 spiro atoms. The standard InChI is InChI=1S/C76H116N4O12/c1-5-9-13-17-21-25-29-33-37-41-45-89-73-61-49-63-55-70(78(83)84)57-65(74(63)90-46-42-38-34-30-26-22-18-14-10-6-2)51-67-59-72(80(87)88)60-68(76(67)92-48-44-40-36-32-28-24-20-16-12-8-4)52-66-58-71(79(85)86)56-64(50-62(73)54-69(53-61)77(81)82)75(66)91-47-43-39-35-31-27-23-19-15-11-7-3/h53-60H,5-52H2,1-4H3. The summed E-state index contributed by atoms with van der Waals surface area (Å²) in [6.45, 7) is 10.0. The van der Waals surface area contributed by atoms with Crippen LogP contribution in [-0.4, -0.2) is 46.1 Å². The number of nitro benzene ring substituents is 4. The maximum atomic E-state index is 13.2. The van der Waals surface area contributed by atoms with Gasteiger partial charge < -0.3 is 18.9 Å². The molecule has 0 unspecified atom stereocenters. The van der Waals surface area contributed by atoms with Crippen LogP contribution in [0.15, 0.2) is 48.5 Å². The second kappa shape index (κ2) is 45.9. The van der Waals surface area contributed by atoms with E-state index in [9.17, 15) is 40.5 Å². The summed E-state index contributed by atoms with van der Waals surface area (Å²) in [5, 5.41) is 52.7. The first-order chi connectivity index (χ1) is 44.9. The van der Waals surface area contributed by atoms with Crippen molar-refractivity contribution >= 4 is 22.7 Å². The summed E-state index contributed by atoms with van der Waals surface area (Å²) in [6.07, 6.45) is 44.1. The van der Waals surface area contributed by atoms with Crippen molar-refractivity contribution in [2.75, 3.05) is 26.4 Å². The third-order valence-corrected chi connectivity index (χ3v) is 18.3. The monoisotopic (exact) mass is 1280 g/mol. The Bertz CT molecular complexity index is 2340. The molecule has 16 nitrogen and oxygen atoms in total. The van der Waals surface area contributed by atoms with E-state index in [0.29, 0.717) is 93.2 Å². The Morgan fingerprint density at radius 3 is 0.500 bits per heavy atom. The van der Waals surface area contributed by atoms with Gasteiger partial charge in [0.05, 0.1) is 46.1 Å². The minimum absolute atomic E-state index is 0.0747. The lowest BCUT2D eigenvalue weighted by Gasteiger charge is -2.23. The molecule has 0 atom stereocenters. The smallest absolute Gasteiger partial charge is 0.270 e. The van der Waals surface area contributed by atoms with Gasteiger partial charge in [-0.25, -0.2) is 0 Å². The van der Waals surface area contributed by atoms with Crippen molar-refractivity contribution in [3.05, 3.63) is 133 Å². The average molecular weight is 1280 g/mol. The van der Waals surface area contributed by atoms with E-state index in [2.05, 4.69) is 27.7 Å². The lowest BCUT2D eigenvalue weighted by molar-refractivity contribution is -0.385. The van der Waals surface area contributed by atoms with Gasteiger partial charge in [0, 0.05) is 119 Å². The fourth-order valence-corrected chi connectivity index (χ4v) is 13.0. The fraction of sp³-hybridized carbons (Fsp3) is 0.684. The third-order valence-electron chi connectivity index (χ3n) is 18.3. The molecule has 8 bridgehead atoms. The average Bonchev–Trinajstić information content (AvgIpc) is 0.780. The van der Waals surface area contributed by atoms with E-state index in [1.54, 1.807) is 0 Å². The van der Waals surface area contributed by atoms with Crippen molar-refractivity contribution in [2.45, 2.75) is 310 Å². The van der Waals surface area contributed by atoms with Crippen molar-refractivity contribution in [1.29, 1.82) is 0 Å². The molecule has 0 aliphatic heterocycles. The predicted octanol–water partition coefficient (Wildman–Crippen LogP) is 23.2. The Morgan fingerprint density at radius 1 is 0.239 bits per heavy atom. The lowest BCUT2D eigenvalue weighted by atomic mass is 9.90. The minimum Gasteiger partial charge on any atom is -0.493 e. The molecule has 0 aromatic heterocycles. The number of non-ortho nitro benzene ring substituents is 4. The SMILES string of the molecule is CCCCCCCCCCCCOc1c2cc([N+](=O)[O-])cc1Cc1cc([N+](=O)[O-])cc(c1OCCCCCCCCCCCC)Cc1cc([N+](=O)[O-])cc(c1OCCCCCCCCCCCC)Cc1cc([N+](=O)[O-])cc(c1OCCCCCCCCCCCC)C2. The van der Waals surface area contributed by atoms with Gasteiger partial charge in [-0.2, -0.15) is 0 Å². The molecule has 16 heteroatoms. The van der Waals surface area contributed by atoms with E-state index in [0.717, 1.165) is 77.0 Å². The quantitative estimate of drug-likeness (QED) is 0.0202. The number of ether oxygens (including phenoxy) is 4. The Hall–Kier alpha value is -6.32. The van der Waals surface area contributed by atoms with Gasteiger partial charge in [-0.05, 0) is 25.7 Å². The summed E-state index contributed by atoms with van der Waals surface area (Å²) in [5.74, 6) is 1.46. The maximum absolute atomic E-state index is 13.2. The molecule has 0 N–H and O–H groups in total. The Morgan fingerprint density at radius 2 is 0.370 bits per heavy atom. The van der Waals surface area contributed by atoms with Crippen molar-refractivity contribution in [3.63, 3.8) is 0 Å². The second-order valence-corrected chi connectivity index (χ2v) is 26.2. The van der Waals surface area contributed by atoms with Crippen LogP contribution in [0.3, 0.4) is 0 Å². The second-order valence-electron chi connectivity index (χ2n) is 26.2. The summed E-state index contributed by atoms with van der Waals surface area (Å²) in [6, 6.07) is 11.8. The maximum Gasteiger partial charge on any atom is 0.270 e. The largest absolute Gasteiger partial charge is 0.493 e. The highest BCUT2D eigenvalue weighted by molar-refractivity contribution is 5.62. The van der Waals surface area contributed by atoms with E-state index in [1.165, 1.54) is 203 Å². The Kier molecular flexibility index (Phi) is 38.1. The summed E-state index contributed by atoms with van der Waals surface area (Å²) in [5.41, 5.74) is 2.30. The normalized spacial score (nSPS) is 12.0. The van der Waals surface area contributed by atoms with Crippen LogP contribution in [0.25, 0.3) is 0 Å². The first kappa shape index (κ1) is 76.4. The number of hydrogen-bond acceptors (Lipinski definition) is 12. The van der Waals surface area contributed by atoms with E-state index < -0.39 is 19.7 Å². The van der Waals surface area contributed by atoms with Crippen LogP contribution in [0.1, 0.15) is 329 Å². The molecular formula is C76H116N4O12. The minimum atomic E-state index is -0.461. The first-order valence-corrected chi connectivity index (χ1v) is 36.6. The van der Waals surface area contributed by atoms with Gasteiger partial charge in [-0.3, -0.25) is 40.5 Å². The van der Waals surface area contributed by atoms with Gasteiger partial charge >= 0.3 is 0 Å². The van der Waals surface area contributed by atoms with Gasteiger partial charge in [-0.15, -0.1) is 0 Å². The molecule has 92 heavy (non-hydrogen) atoms. The zero-order valence-corrected chi connectivity index (χ0v) is 57.2. The summed E-state index contributed by atoms with van der Waals surface area (Å²) in [7, 11) is 0. The van der Waals surface area contributed by atoms with Gasteiger partial charge in [0.25, 0.3) is 22.7 Å². The first-order valence-electron chi connectivity index (χ1n) is 36.6.